The van der Waals surface area contributed by atoms with E-state index in [1.54, 1.807) is 37.3 Å². The van der Waals surface area contributed by atoms with E-state index in [9.17, 15) is 19.2 Å². The lowest BCUT2D eigenvalue weighted by Gasteiger charge is -2.17. The van der Waals surface area contributed by atoms with Gasteiger partial charge in [-0.1, -0.05) is 50.6 Å². The fourth-order valence-electron chi connectivity index (χ4n) is 3.33. The molecule has 37 heavy (non-hydrogen) atoms. The van der Waals surface area contributed by atoms with E-state index in [1.165, 1.54) is 6.07 Å². The summed E-state index contributed by atoms with van der Waals surface area (Å²) in [6.07, 6.45) is 0. The summed E-state index contributed by atoms with van der Waals surface area (Å²) in [5, 5.41) is 12.6. The second-order valence-corrected chi connectivity index (χ2v) is 9.87. The maximum atomic E-state index is 12.6. The molecule has 0 saturated carbocycles. The van der Waals surface area contributed by atoms with Crippen LogP contribution in [0.1, 0.15) is 49.7 Å². The van der Waals surface area contributed by atoms with Crippen LogP contribution in [0.3, 0.4) is 0 Å². The topological polar surface area (TPSA) is 122 Å². The molecular weight excluding hydrogens is 470 g/mol. The normalized spacial score (nSPS) is 11.9. The van der Waals surface area contributed by atoms with Crippen molar-refractivity contribution >= 4 is 23.4 Å². The monoisotopic (exact) mass is 503 g/mol. The molecule has 1 heterocycles. The van der Waals surface area contributed by atoms with Crippen molar-refractivity contribution < 1.29 is 14.4 Å². The van der Waals surface area contributed by atoms with Crippen molar-refractivity contribution in [2.45, 2.75) is 40.7 Å². The number of hydrogen-bond donors (Lipinski definition) is 3. The van der Waals surface area contributed by atoms with Gasteiger partial charge < -0.3 is 16.0 Å². The van der Waals surface area contributed by atoms with Gasteiger partial charge in [0.15, 0.2) is 0 Å². The van der Waals surface area contributed by atoms with E-state index < -0.39 is 11.5 Å². The zero-order valence-corrected chi connectivity index (χ0v) is 21.8. The zero-order valence-electron chi connectivity index (χ0n) is 21.8. The van der Waals surface area contributed by atoms with Crippen LogP contribution in [-0.2, 0) is 9.59 Å². The van der Waals surface area contributed by atoms with Crippen LogP contribution in [0, 0.1) is 12.3 Å². The average Bonchev–Trinajstić information content (AvgIpc) is 2.86. The van der Waals surface area contributed by atoms with Gasteiger partial charge in [-0.2, -0.15) is 5.10 Å². The fraction of sp³-hybridized carbons (Fsp3) is 0.321. The van der Waals surface area contributed by atoms with Crippen molar-refractivity contribution in [2.24, 2.45) is 5.41 Å². The van der Waals surface area contributed by atoms with E-state index in [0.717, 1.165) is 15.8 Å². The van der Waals surface area contributed by atoms with Gasteiger partial charge in [0.1, 0.15) is 6.04 Å². The first-order chi connectivity index (χ1) is 17.5. The lowest BCUT2D eigenvalue weighted by molar-refractivity contribution is -0.124. The molecule has 0 spiro atoms. The number of benzene rings is 2. The Morgan fingerprint density at radius 2 is 1.51 bits per heavy atom. The number of rotatable bonds is 8. The van der Waals surface area contributed by atoms with Crippen LogP contribution in [0.2, 0.25) is 0 Å². The third-order valence-electron chi connectivity index (χ3n) is 5.71. The predicted molar refractivity (Wildman–Crippen MR) is 143 cm³/mol. The number of carbonyl (C=O) groups is 3. The highest BCUT2D eigenvalue weighted by Crippen LogP contribution is 2.18. The number of hydrogen-bond acceptors (Lipinski definition) is 5. The summed E-state index contributed by atoms with van der Waals surface area (Å²) in [5.41, 5.74) is 2.68. The molecular formula is C28H33N5O4. The Bertz CT molecular complexity index is 1320. The summed E-state index contributed by atoms with van der Waals surface area (Å²) in [7, 11) is 0. The highest BCUT2D eigenvalue weighted by molar-refractivity contribution is 5.97. The van der Waals surface area contributed by atoms with Crippen LogP contribution in [-0.4, -0.2) is 40.6 Å². The lowest BCUT2D eigenvalue weighted by Crippen LogP contribution is -2.40. The Labute approximate surface area is 216 Å². The first-order valence-electron chi connectivity index (χ1n) is 12.1. The Morgan fingerprint density at radius 1 is 0.892 bits per heavy atom. The molecule has 3 rings (SSSR count). The molecule has 9 heteroatoms. The summed E-state index contributed by atoms with van der Waals surface area (Å²) >= 11 is 0. The molecule has 9 nitrogen and oxygen atoms in total. The van der Waals surface area contributed by atoms with Gasteiger partial charge in [0, 0.05) is 41.4 Å². The highest BCUT2D eigenvalue weighted by Gasteiger charge is 2.21. The van der Waals surface area contributed by atoms with Crippen LogP contribution in [0.4, 0.5) is 5.69 Å². The van der Waals surface area contributed by atoms with Crippen LogP contribution in [0.25, 0.3) is 11.3 Å². The third-order valence-corrected chi connectivity index (χ3v) is 5.71. The molecule has 0 aliphatic rings. The molecule has 1 atom stereocenters. The Kier molecular flexibility index (Phi) is 8.60. The van der Waals surface area contributed by atoms with E-state index in [0.29, 0.717) is 16.9 Å². The van der Waals surface area contributed by atoms with E-state index in [2.05, 4.69) is 21.0 Å². The molecule has 0 saturated heterocycles. The van der Waals surface area contributed by atoms with Gasteiger partial charge in [0.05, 0.1) is 5.69 Å². The molecule has 3 N–H and O–H groups in total. The smallest absolute Gasteiger partial charge is 0.267 e. The van der Waals surface area contributed by atoms with Crippen LogP contribution in [0.5, 0.6) is 0 Å². The fourth-order valence-corrected chi connectivity index (χ4v) is 3.33. The molecule has 0 fully saturated rings. The zero-order chi connectivity index (χ0) is 27.2. The third kappa shape index (κ3) is 7.36. The van der Waals surface area contributed by atoms with Crippen molar-refractivity contribution in [3.05, 3.63) is 82.1 Å². The van der Waals surface area contributed by atoms with E-state index in [4.69, 9.17) is 0 Å². The van der Waals surface area contributed by atoms with E-state index >= 15 is 0 Å². The summed E-state index contributed by atoms with van der Waals surface area (Å²) in [5.74, 6) is -0.808. The molecule has 0 radical (unpaired) electrons. The maximum absolute atomic E-state index is 12.6. The number of nitrogens with zero attached hydrogens (tertiary/aromatic N) is 2. The molecule has 0 aliphatic heterocycles. The van der Waals surface area contributed by atoms with Gasteiger partial charge in [0.2, 0.25) is 11.8 Å². The predicted octanol–water partition coefficient (Wildman–Crippen LogP) is 3.31. The van der Waals surface area contributed by atoms with Crippen molar-refractivity contribution in [3.8, 4) is 11.3 Å². The SMILES string of the molecule is Cc1ccc(-c2ccc(=O)n(C(C)C(=O)NCCNC(=O)c3ccc(NC(=O)C(C)(C)C)cc3)n2)cc1. The second-order valence-electron chi connectivity index (χ2n) is 9.87. The van der Waals surface area contributed by atoms with Crippen LogP contribution >= 0.6 is 0 Å². The Morgan fingerprint density at radius 3 is 2.14 bits per heavy atom. The van der Waals surface area contributed by atoms with Crippen LogP contribution < -0.4 is 21.5 Å². The number of carbonyl (C=O) groups excluding carboxylic acids is 3. The summed E-state index contributed by atoms with van der Waals surface area (Å²) in [6, 6.07) is 16.5. The van der Waals surface area contributed by atoms with Crippen molar-refractivity contribution in [1.29, 1.82) is 0 Å². The molecule has 2 aromatic carbocycles. The first kappa shape index (κ1) is 27.3. The van der Waals surface area contributed by atoms with Gasteiger partial charge in [-0.25, -0.2) is 4.68 Å². The molecule has 194 valence electrons. The lowest BCUT2D eigenvalue weighted by atomic mass is 9.95. The average molecular weight is 504 g/mol. The Hall–Kier alpha value is -4.27. The quantitative estimate of drug-likeness (QED) is 0.407. The molecule has 1 aromatic heterocycles. The molecule has 1 unspecified atom stereocenters. The largest absolute Gasteiger partial charge is 0.352 e. The van der Waals surface area contributed by atoms with Crippen molar-refractivity contribution in [2.75, 3.05) is 18.4 Å². The summed E-state index contributed by atoms with van der Waals surface area (Å²) in [4.78, 5) is 49.5. The molecule has 0 bridgehead atoms. The standard InChI is InChI=1S/C28H33N5O4/c1-18-6-8-20(9-7-18)23-14-15-24(34)33(32-23)19(2)25(35)29-16-17-30-26(36)21-10-12-22(13-11-21)31-27(37)28(3,4)5/h6-15,19H,16-17H2,1-5H3,(H,29,35)(H,30,36)(H,31,37). The molecule has 3 amide bonds. The van der Waals surface area contributed by atoms with E-state index in [-0.39, 0.29) is 36.4 Å². The minimum atomic E-state index is -0.829. The molecule has 3 aromatic rings. The molecule has 0 aliphatic carbocycles. The number of amides is 3. The van der Waals surface area contributed by atoms with E-state index in [1.807, 2.05) is 52.0 Å². The summed E-state index contributed by atoms with van der Waals surface area (Å²) in [6.45, 7) is 9.43. The second kappa shape index (κ2) is 11.6. The number of aromatic nitrogens is 2. The van der Waals surface area contributed by atoms with Crippen molar-refractivity contribution in [3.63, 3.8) is 0 Å². The Balaban J connectivity index is 1.51. The van der Waals surface area contributed by atoms with Crippen LogP contribution in [0.15, 0.2) is 65.5 Å². The maximum Gasteiger partial charge on any atom is 0.267 e. The highest BCUT2D eigenvalue weighted by atomic mass is 16.2. The number of aryl methyl sites for hydroxylation is 1. The van der Waals surface area contributed by atoms with Gasteiger partial charge in [0.25, 0.3) is 11.5 Å². The first-order valence-corrected chi connectivity index (χ1v) is 12.1. The van der Waals surface area contributed by atoms with Gasteiger partial charge in [-0.3, -0.25) is 19.2 Å². The summed E-state index contributed by atoms with van der Waals surface area (Å²) < 4.78 is 1.16. The van der Waals surface area contributed by atoms with Crippen molar-refractivity contribution in [1.82, 2.24) is 20.4 Å². The van der Waals surface area contributed by atoms with Gasteiger partial charge in [-0.05, 0) is 44.2 Å². The number of nitrogens with one attached hydrogen (secondary N) is 3. The van der Waals surface area contributed by atoms with Gasteiger partial charge in [-0.15, -0.1) is 0 Å². The minimum Gasteiger partial charge on any atom is -0.352 e. The van der Waals surface area contributed by atoms with Gasteiger partial charge >= 0.3 is 0 Å². The number of anilines is 1. The minimum absolute atomic E-state index is 0.117.